The van der Waals surface area contributed by atoms with Gasteiger partial charge in [-0.2, -0.15) is 5.10 Å². The Labute approximate surface area is 144 Å². The number of methoxy groups -OCH3 is 1. The molecule has 0 saturated carbocycles. The fraction of sp³-hybridized carbons (Fsp3) is 0.765. The number of nitrogens with one attached hydrogen (secondary N) is 1. The van der Waals surface area contributed by atoms with Gasteiger partial charge in [0.1, 0.15) is 5.82 Å². The van der Waals surface area contributed by atoms with Crippen molar-refractivity contribution in [3.8, 4) is 0 Å². The van der Waals surface area contributed by atoms with E-state index in [1.807, 2.05) is 24.6 Å². The molecule has 7 heteroatoms. The van der Waals surface area contributed by atoms with Gasteiger partial charge in [0.05, 0.1) is 19.3 Å². The van der Waals surface area contributed by atoms with Crippen LogP contribution in [0.3, 0.4) is 0 Å². The molecule has 1 saturated heterocycles. The summed E-state index contributed by atoms with van der Waals surface area (Å²) in [6.45, 7) is 11.3. The number of amides is 1. The van der Waals surface area contributed by atoms with Crippen LogP contribution in [0.2, 0.25) is 0 Å². The monoisotopic (exact) mass is 337 g/mol. The van der Waals surface area contributed by atoms with E-state index in [1.54, 1.807) is 13.3 Å². The average Bonchev–Trinajstić information content (AvgIpc) is 3.01. The van der Waals surface area contributed by atoms with E-state index in [0.29, 0.717) is 12.6 Å². The number of nitrogens with zero attached hydrogens (tertiary/aromatic N) is 4. The van der Waals surface area contributed by atoms with E-state index in [9.17, 15) is 4.79 Å². The largest absolute Gasteiger partial charge is 0.383 e. The standard InChI is InChI=1S/C17H31N5O2/c1-5-15-12-20(8-9-21(15)10-11-24-4)13-17(23)19-16-6-7-18-22(16)14(2)3/h6-7,14-15H,5,8-13H2,1-4H3,(H,19,23)/t15-/m0/s1. The molecule has 1 N–H and O–H groups in total. The van der Waals surface area contributed by atoms with Gasteiger partial charge in [0.15, 0.2) is 0 Å². The normalized spacial score (nSPS) is 19.8. The molecule has 2 rings (SSSR count). The minimum absolute atomic E-state index is 0.0256. The Balaban J connectivity index is 1.85. The maximum absolute atomic E-state index is 12.4. The van der Waals surface area contributed by atoms with E-state index in [0.717, 1.165) is 45.0 Å². The number of hydrogen-bond acceptors (Lipinski definition) is 5. The van der Waals surface area contributed by atoms with Crippen LogP contribution < -0.4 is 5.32 Å². The van der Waals surface area contributed by atoms with Gasteiger partial charge in [0.25, 0.3) is 0 Å². The van der Waals surface area contributed by atoms with Gasteiger partial charge in [-0.25, -0.2) is 4.68 Å². The lowest BCUT2D eigenvalue weighted by Gasteiger charge is -2.40. The van der Waals surface area contributed by atoms with Gasteiger partial charge in [-0.15, -0.1) is 0 Å². The van der Waals surface area contributed by atoms with Gasteiger partial charge in [-0.1, -0.05) is 6.92 Å². The van der Waals surface area contributed by atoms with Crippen LogP contribution in [0.5, 0.6) is 0 Å². The maximum Gasteiger partial charge on any atom is 0.239 e. The van der Waals surface area contributed by atoms with Crippen LogP contribution >= 0.6 is 0 Å². The average molecular weight is 337 g/mol. The molecule has 0 radical (unpaired) electrons. The Kier molecular flexibility index (Phi) is 7.20. The number of anilines is 1. The van der Waals surface area contributed by atoms with Crippen LogP contribution in [0.25, 0.3) is 0 Å². The summed E-state index contributed by atoms with van der Waals surface area (Å²) in [5, 5.41) is 7.23. The summed E-state index contributed by atoms with van der Waals surface area (Å²) in [4.78, 5) is 17.1. The first kappa shape index (κ1) is 18.9. The lowest BCUT2D eigenvalue weighted by atomic mass is 10.1. The van der Waals surface area contributed by atoms with Crippen LogP contribution in [0.1, 0.15) is 33.2 Å². The highest BCUT2D eigenvalue weighted by Gasteiger charge is 2.26. The molecule has 136 valence electrons. The second kappa shape index (κ2) is 9.15. The molecule has 1 fully saturated rings. The van der Waals surface area contributed by atoms with Crippen molar-refractivity contribution < 1.29 is 9.53 Å². The van der Waals surface area contributed by atoms with Crippen molar-refractivity contribution in [1.82, 2.24) is 19.6 Å². The molecule has 2 heterocycles. The lowest BCUT2D eigenvalue weighted by molar-refractivity contribution is -0.118. The molecule has 1 atom stereocenters. The molecule has 1 aromatic rings. The molecule has 1 amide bonds. The first-order chi connectivity index (χ1) is 11.5. The van der Waals surface area contributed by atoms with Crippen molar-refractivity contribution in [2.45, 2.75) is 39.3 Å². The third kappa shape index (κ3) is 5.03. The first-order valence-corrected chi connectivity index (χ1v) is 8.83. The molecule has 1 aromatic heterocycles. The van der Waals surface area contributed by atoms with E-state index in [1.165, 1.54) is 0 Å². The summed E-state index contributed by atoms with van der Waals surface area (Å²) in [5.74, 6) is 0.790. The molecule has 0 aromatic carbocycles. The smallest absolute Gasteiger partial charge is 0.239 e. The zero-order valence-electron chi connectivity index (χ0n) is 15.4. The third-order valence-corrected chi connectivity index (χ3v) is 4.54. The number of aromatic nitrogens is 2. The van der Waals surface area contributed by atoms with Gasteiger partial charge < -0.3 is 10.1 Å². The summed E-state index contributed by atoms with van der Waals surface area (Å²) in [6, 6.07) is 2.56. The van der Waals surface area contributed by atoms with Crippen molar-refractivity contribution in [1.29, 1.82) is 0 Å². The fourth-order valence-electron chi connectivity index (χ4n) is 3.20. The van der Waals surface area contributed by atoms with Gasteiger partial charge in [-0.05, 0) is 20.3 Å². The zero-order valence-corrected chi connectivity index (χ0v) is 15.4. The number of ether oxygens (including phenoxy) is 1. The molecule has 1 aliphatic rings. The van der Waals surface area contributed by atoms with Crippen LogP contribution in [0.4, 0.5) is 5.82 Å². The number of hydrogen-bond donors (Lipinski definition) is 1. The van der Waals surface area contributed by atoms with Crippen molar-refractivity contribution in [2.75, 3.05) is 51.8 Å². The Morgan fingerprint density at radius 3 is 2.92 bits per heavy atom. The minimum Gasteiger partial charge on any atom is -0.383 e. The van der Waals surface area contributed by atoms with Crippen LogP contribution in [0, 0.1) is 0 Å². The molecule has 0 aliphatic carbocycles. The number of piperazine rings is 1. The Bertz CT molecular complexity index is 517. The summed E-state index contributed by atoms with van der Waals surface area (Å²) >= 11 is 0. The Morgan fingerprint density at radius 2 is 2.25 bits per heavy atom. The molecule has 7 nitrogen and oxygen atoms in total. The molecule has 1 aliphatic heterocycles. The number of carbonyl (C=O) groups excluding carboxylic acids is 1. The molecule has 0 bridgehead atoms. The fourth-order valence-corrected chi connectivity index (χ4v) is 3.20. The van der Waals surface area contributed by atoms with E-state index in [-0.39, 0.29) is 11.9 Å². The van der Waals surface area contributed by atoms with E-state index in [4.69, 9.17) is 4.74 Å². The lowest BCUT2D eigenvalue weighted by Crippen LogP contribution is -2.54. The van der Waals surface area contributed by atoms with E-state index < -0.39 is 0 Å². The van der Waals surface area contributed by atoms with Crippen LogP contribution in [0.15, 0.2) is 12.3 Å². The van der Waals surface area contributed by atoms with Crippen molar-refractivity contribution in [3.05, 3.63) is 12.3 Å². The van der Waals surface area contributed by atoms with Gasteiger partial charge in [0.2, 0.25) is 5.91 Å². The SMILES string of the molecule is CC[C@H]1CN(CC(=O)Nc2ccnn2C(C)C)CCN1CCOC. The van der Waals surface area contributed by atoms with Crippen molar-refractivity contribution in [2.24, 2.45) is 0 Å². The van der Waals surface area contributed by atoms with Crippen molar-refractivity contribution in [3.63, 3.8) is 0 Å². The summed E-state index contributed by atoms with van der Waals surface area (Å²) in [5.41, 5.74) is 0. The van der Waals surface area contributed by atoms with Gasteiger partial charge in [0, 0.05) is 51.4 Å². The third-order valence-electron chi connectivity index (χ3n) is 4.54. The number of rotatable bonds is 8. The second-order valence-electron chi connectivity index (χ2n) is 6.63. The van der Waals surface area contributed by atoms with E-state index in [2.05, 4.69) is 27.1 Å². The predicted octanol–water partition coefficient (Wildman–Crippen LogP) is 1.45. The van der Waals surface area contributed by atoms with Gasteiger partial charge in [-0.3, -0.25) is 14.6 Å². The summed E-state index contributed by atoms with van der Waals surface area (Å²) in [7, 11) is 1.74. The molecular formula is C17H31N5O2. The highest BCUT2D eigenvalue weighted by atomic mass is 16.5. The minimum atomic E-state index is 0.0256. The Morgan fingerprint density at radius 1 is 1.46 bits per heavy atom. The molecular weight excluding hydrogens is 306 g/mol. The predicted molar refractivity (Wildman–Crippen MR) is 95.2 cm³/mol. The second-order valence-corrected chi connectivity index (χ2v) is 6.63. The molecule has 0 unspecified atom stereocenters. The van der Waals surface area contributed by atoms with Gasteiger partial charge >= 0.3 is 0 Å². The zero-order chi connectivity index (χ0) is 17.5. The quantitative estimate of drug-likeness (QED) is 0.778. The molecule has 24 heavy (non-hydrogen) atoms. The first-order valence-electron chi connectivity index (χ1n) is 8.83. The Hall–Kier alpha value is -1.44. The highest BCUT2D eigenvalue weighted by molar-refractivity contribution is 5.91. The summed E-state index contributed by atoms with van der Waals surface area (Å²) in [6.07, 6.45) is 2.80. The van der Waals surface area contributed by atoms with E-state index >= 15 is 0 Å². The highest BCUT2D eigenvalue weighted by Crippen LogP contribution is 2.15. The van der Waals surface area contributed by atoms with Crippen LogP contribution in [-0.2, 0) is 9.53 Å². The topological polar surface area (TPSA) is 62.6 Å². The van der Waals surface area contributed by atoms with Crippen molar-refractivity contribution >= 4 is 11.7 Å². The molecule has 0 spiro atoms. The number of carbonyl (C=O) groups is 1. The maximum atomic E-state index is 12.4. The summed E-state index contributed by atoms with van der Waals surface area (Å²) < 4.78 is 7.02. The van der Waals surface area contributed by atoms with Crippen LogP contribution in [-0.4, -0.2) is 78.0 Å².